The standard InChI is InChI=1S/C18H24N2O2/c1-4-22-18(21)15(19)11-14-13-7-5-6-8-16(13)20-17(14)10-9-12(2)3/h5-9,15,20H,4,10-11,19H2,1-3H3. The molecule has 0 radical (unpaired) electrons. The van der Waals surface area contributed by atoms with Crippen LogP contribution in [0.15, 0.2) is 35.9 Å². The van der Waals surface area contributed by atoms with Crippen molar-refractivity contribution >= 4 is 16.9 Å². The number of allylic oxidation sites excluding steroid dienone is 2. The number of carbonyl (C=O) groups excluding carboxylic acids is 1. The molecule has 0 aliphatic heterocycles. The number of fused-ring (bicyclic) bond motifs is 1. The number of esters is 1. The fraction of sp³-hybridized carbons (Fsp3) is 0.389. The maximum Gasteiger partial charge on any atom is 0.323 e. The van der Waals surface area contributed by atoms with Crippen LogP contribution >= 0.6 is 0 Å². The molecule has 0 saturated carbocycles. The maximum atomic E-state index is 11.8. The average Bonchev–Trinajstić information content (AvgIpc) is 2.83. The summed E-state index contributed by atoms with van der Waals surface area (Å²) >= 11 is 0. The van der Waals surface area contributed by atoms with E-state index in [4.69, 9.17) is 10.5 Å². The summed E-state index contributed by atoms with van der Waals surface area (Å²) in [4.78, 5) is 15.3. The Morgan fingerprint density at radius 2 is 2.09 bits per heavy atom. The van der Waals surface area contributed by atoms with Gasteiger partial charge in [-0.3, -0.25) is 4.79 Å². The van der Waals surface area contributed by atoms with Crippen molar-refractivity contribution in [1.82, 2.24) is 4.98 Å². The van der Waals surface area contributed by atoms with Crippen molar-refractivity contribution in [3.63, 3.8) is 0 Å². The van der Waals surface area contributed by atoms with E-state index in [1.54, 1.807) is 6.92 Å². The predicted molar refractivity (Wildman–Crippen MR) is 89.7 cm³/mol. The molecule has 0 saturated heterocycles. The van der Waals surface area contributed by atoms with Crippen LogP contribution < -0.4 is 5.73 Å². The second-order valence-electron chi connectivity index (χ2n) is 5.68. The van der Waals surface area contributed by atoms with Gasteiger partial charge in [-0.15, -0.1) is 0 Å². The zero-order valence-electron chi connectivity index (χ0n) is 13.5. The molecular weight excluding hydrogens is 276 g/mol. The van der Waals surface area contributed by atoms with Gasteiger partial charge >= 0.3 is 5.97 Å². The topological polar surface area (TPSA) is 68.1 Å². The van der Waals surface area contributed by atoms with E-state index in [9.17, 15) is 4.79 Å². The first kappa shape index (κ1) is 16.3. The molecule has 1 unspecified atom stereocenters. The molecule has 0 fully saturated rings. The van der Waals surface area contributed by atoms with E-state index in [-0.39, 0.29) is 5.97 Å². The Kier molecular flexibility index (Phi) is 5.39. The highest BCUT2D eigenvalue weighted by atomic mass is 16.5. The SMILES string of the molecule is CCOC(=O)C(N)Cc1c(CC=C(C)C)[nH]c2ccccc12. The summed E-state index contributed by atoms with van der Waals surface area (Å²) in [6.07, 6.45) is 3.46. The number of ether oxygens (including phenoxy) is 1. The van der Waals surface area contributed by atoms with Crippen molar-refractivity contribution in [1.29, 1.82) is 0 Å². The predicted octanol–water partition coefficient (Wildman–Crippen LogP) is 3.11. The third-order valence-electron chi connectivity index (χ3n) is 3.63. The van der Waals surface area contributed by atoms with Crippen molar-refractivity contribution in [2.75, 3.05) is 6.61 Å². The van der Waals surface area contributed by atoms with Crippen molar-refractivity contribution in [3.8, 4) is 0 Å². The second-order valence-corrected chi connectivity index (χ2v) is 5.68. The first-order chi connectivity index (χ1) is 10.5. The highest BCUT2D eigenvalue weighted by Gasteiger charge is 2.19. The summed E-state index contributed by atoms with van der Waals surface area (Å²) in [6, 6.07) is 7.47. The molecule has 1 aromatic heterocycles. The number of H-pyrrole nitrogens is 1. The Hall–Kier alpha value is -2.07. The lowest BCUT2D eigenvalue weighted by atomic mass is 10.0. The Morgan fingerprint density at radius 3 is 2.77 bits per heavy atom. The number of rotatable bonds is 6. The molecule has 4 heteroatoms. The van der Waals surface area contributed by atoms with Gasteiger partial charge in [0, 0.05) is 29.4 Å². The molecule has 1 atom stereocenters. The van der Waals surface area contributed by atoms with E-state index in [0.717, 1.165) is 28.6 Å². The molecular formula is C18H24N2O2. The lowest BCUT2D eigenvalue weighted by Gasteiger charge is -2.11. The van der Waals surface area contributed by atoms with Gasteiger partial charge in [-0.25, -0.2) is 0 Å². The van der Waals surface area contributed by atoms with E-state index in [2.05, 4.69) is 31.0 Å². The molecule has 2 aromatic rings. The number of benzene rings is 1. The molecule has 4 nitrogen and oxygen atoms in total. The van der Waals surface area contributed by atoms with Crippen LogP contribution in [-0.2, 0) is 22.4 Å². The quantitative estimate of drug-likeness (QED) is 0.636. The molecule has 2 rings (SSSR count). The average molecular weight is 300 g/mol. The second kappa shape index (κ2) is 7.27. The van der Waals surface area contributed by atoms with Gasteiger partial charge in [0.15, 0.2) is 0 Å². The van der Waals surface area contributed by atoms with Crippen molar-refractivity contribution < 1.29 is 9.53 Å². The van der Waals surface area contributed by atoms with Gasteiger partial charge in [0.2, 0.25) is 0 Å². The minimum absolute atomic E-state index is 0.346. The van der Waals surface area contributed by atoms with Crippen LogP contribution in [0.2, 0.25) is 0 Å². The van der Waals surface area contributed by atoms with Crippen molar-refractivity contribution in [3.05, 3.63) is 47.2 Å². The highest BCUT2D eigenvalue weighted by molar-refractivity contribution is 5.86. The molecule has 118 valence electrons. The van der Waals surface area contributed by atoms with Gasteiger partial charge < -0.3 is 15.5 Å². The molecule has 22 heavy (non-hydrogen) atoms. The van der Waals surface area contributed by atoms with Crippen LogP contribution in [0.1, 0.15) is 32.0 Å². The third kappa shape index (κ3) is 3.77. The number of aromatic amines is 1. The van der Waals surface area contributed by atoms with E-state index >= 15 is 0 Å². The van der Waals surface area contributed by atoms with Crippen molar-refractivity contribution in [2.45, 2.75) is 39.7 Å². The summed E-state index contributed by atoms with van der Waals surface area (Å²) in [5.41, 5.74) is 10.6. The van der Waals surface area contributed by atoms with Crippen molar-refractivity contribution in [2.24, 2.45) is 5.73 Å². The number of hydrogen-bond donors (Lipinski definition) is 2. The van der Waals surface area contributed by atoms with Crippen LogP contribution in [0.4, 0.5) is 0 Å². The highest BCUT2D eigenvalue weighted by Crippen LogP contribution is 2.24. The van der Waals surface area contributed by atoms with E-state index in [0.29, 0.717) is 13.0 Å². The first-order valence-corrected chi connectivity index (χ1v) is 7.67. The smallest absolute Gasteiger partial charge is 0.323 e. The fourth-order valence-corrected chi connectivity index (χ4v) is 2.52. The minimum atomic E-state index is -0.635. The lowest BCUT2D eigenvalue weighted by Crippen LogP contribution is -2.34. The fourth-order valence-electron chi connectivity index (χ4n) is 2.52. The van der Waals surface area contributed by atoms with Gasteiger partial charge in [0.05, 0.1) is 6.61 Å². The van der Waals surface area contributed by atoms with Crippen LogP contribution in [-0.4, -0.2) is 23.6 Å². The zero-order valence-corrected chi connectivity index (χ0v) is 13.5. The minimum Gasteiger partial charge on any atom is -0.465 e. The van der Waals surface area contributed by atoms with E-state index in [1.807, 2.05) is 18.2 Å². The number of nitrogens with two attached hydrogens (primary N) is 1. The van der Waals surface area contributed by atoms with Gasteiger partial charge in [-0.2, -0.15) is 0 Å². The third-order valence-corrected chi connectivity index (χ3v) is 3.63. The van der Waals surface area contributed by atoms with Crippen LogP contribution in [0, 0.1) is 0 Å². The lowest BCUT2D eigenvalue weighted by molar-refractivity contribution is -0.144. The van der Waals surface area contributed by atoms with Gasteiger partial charge in [0.25, 0.3) is 0 Å². The Bertz CT molecular complexity index is 681. The largest absolute Gasteiger partial charge is 0.465 e. The Morgan fingerprint density at radius 1 is 1.36 bits per heavy atom. The molecule has 1 heterocycles. The monoisotopic (exact) mass is 300 g/mol. The molecule has 0 amide bonds. The number of nitrogens with one attached hydrogen (secondary N) is 1. The summed E-state index contributed by atoms with van der Waals surface area (Å²) < 4.78 is 5.02. The van der Waals surface area contributed by atoms with Gasteiger partial charge in [-0.05, 0) is 32.4 Å². The first-order valence-electron chi connectivity index (χ1n) is 7.67. The number of hydrogen-bond acceptors (Lipinski definition) is 3. The number of aromatic nitrogens is 1. The molecule has 0 aliphatic rings. The zero-order chi connectivity index (χ0) is 16.1. The van der Waals surface area contributed by atoms with Crippen LogP contribution in [0.25, 0.3) is 10.9 Å². The van der Waals surface area contributed by atoms with Crippen LogP contribution in [0.5, 0.6) is 0 Å². The molecule has 0 bridgehead atoms. The molecule has 0 spiro atoms. The molecule has 0 aliphatic carbocycles. The summed E-state index contributed by atoms with van der Waals surface area (Å²) in [5.74, 6) is -0.346. The Labute approximate surface area is 131 Å². The van der Waals surface area contributed by atoms with Crippen LogP contribution in [0.3, 0.4) is 0 Å². The van der Waals surface area contributed by atoms with Gasteiger partial charge in [0.1, 0.15) is 6.04 Å². The summed E-state index contributed by atoms with van der Waals surface area (Å²) in [6.45, 7) is 6.29. The van der Waals surface area contributed by atoms with E-state index < -0.39 is 6.04 Å². The number of para-hydroxylation sites is 1. The summed E-state index contributed by atoms with van der Waals surface area (Å²) in [5, 5.41) is 1.12. The molecule has 3 N–H and O–H groups in total. The normalized spacial score (nSPS) is 12.2. The number of carbonyl (C=O) groups is 1. The van der Waals surface area contributed by atoms with E-state index in [1.165, 1.54) is 5.57 Å². The maximum absolute atomic E-state index is 11.8. The van der Waals surface area contributed by atoms with Gasteiger partial charge in [-0.1, -0.05) is 29.8 Å². The molecule has 1 aromatic carbocycles. The summed E-state index contributed by atoms with van der Waals surface area (Å²) in [7, 11) is 0. The Balaban J connectivity index is 2.34.